The smallest absolute Gasteiger partial charge is 0.255 e. The van der Waals surface area contributed by atoms with Gasteiger partial charge in [-0.2, -0.15) is 0 Å². The van der Waals surface area contributed by atoms with E-state index in [4.69, 9.17) is 5.73 Å². The Morgan fingerprint density at radius 3 is 2.94 bits per heavy atom. The number of aromatic nitrogens is 4. The first-order valence-corrected chi connectivity index (χ1v) is 4.94. The summed E-state index contributed by atoms with van der Waals surface area (Å²) in [6.45, 7) is 0.667. The summed E-state index contributed by atoms with van der Waals surface area (Å²) in [6.07, 6.45) is 3.50. The Balaban J connectivity index is 2.31. The molecule has 0 fully saturated rings. The van der Waals surface area contributed by atoms with E-state index in [1.165, 1.54) is 0 Å². The zero-order chi connectivity index (χ0) is 11.5. The summed E-state index contributed by atoms with van der Waals surface area (Å²) in [4.78, 5) is 11.8. The molecule has 2 N–H and O–H groups in total. The second kappa shape index (κ2) is 4.28. The van der Waals surface area contributed by atoms with E-state index in [0.717, 1.165) is 5.69 Å². The largest absolute Gasteiger partial charge is 0.326 e. The van der Waals surface area contributed by atoms with Crippen LogP contribution in [0.3, 0.4) is 0 Å². The second-order valence-corrected chi connectivity index (χ2v) is 3.55. The first-order valence-electron chi connectivity index (χ1n) is 4.94. The molecule has 2 heterocycles. The minimum atomic E-state index is -0.0735. The van der Waals surface area contributed by atoms with Gasteiger partial charge in [-0.05, 0) is 6.07 Å². The van der Waals surface area contributed by atoms with Gasteiger partial charge in [0, 0.05) is 31.5 Å². The molecule has 0 aliphatic carbocycles. The van der Waals surface area contributed by atoms with Gasteiger partial charge in [-0.15, -0.1) is 5.10 Å². The number of aryl methyl sites for hydroxylation is 1. The van der Waals surface area contributed by atoms with Gasteiger partial charge in [-0.25, -0.2) is 0 Å². The predicted molar refractivity (Wildman–Crippen MR) is 58.7 cm³/mol. The molecule has 0 saturated carbocycles. The molecule has 0 atom stereocenters. The second-order valence-electron chi connectivity index (χ2n) is 3.55. The van der Waals surface area contributed by atoms with Crippen LogP contribution in [0, 0.1) is 0 Å². The lowest BCUT2D eigenvalue weighted by Gasteiger charge is -2.04. The highest BCUT2D eigenvalue weighted by molar-refractivity contribution is 5.11. The van der Waals surface area contributed by atoms with Crippen LogP contribution < -0.4 is 11.3 Å². The van der Waals surface area contributed by atoms with Crippen LogP contribution in [0.4, 0.5) is 0 Å². The molecule has 84 valence electrons. The standard InChI is InChI=1S/C10H13N5O/c1-14-6-9(12-13-14)7-15-4-2-3-8(5-11)10(15)16/h2-4,6H,5,7,11H2,1H3. The predicted octanol–water partition coefficient (Wildman–Crippen LogP) is -0.516. The zero-order valence-electron chi connectivity index (χ0n) is 9.00. The van der Waals surface area contributed by atoms with Crippen molar-refractivity contribution in [3.05, 3.63) is 46.1 Å². The molecule has 0 aromatic carbocycles. The molecule has 6 nitrogen and oxygen atoms in total. The minimum Gasteiger partial charge on any atom is -0.326 e. The van der Waals surface area contributed by atoms with E-state index in [-0.39, 0.29) is 12.1 Å². The van der Waals surface area contributed by atoms with E-state index in [0.29, 0.717) is 12.1 Å². The van der Waals surface area contributed by atoms with Crippen molar-refractivity contribution in [3.8, 4) is 0 Å². The van der Waals surface area contributed by atoms with Crippen LogP contribution in [0.15, 0.2) is 29.3 Å². The Labute approximate surface area is 92.3 Å². The summed E-state index contributed by atoms with van der Waals surface area (Å²) < 4.78 is 3.18. The van der Waals surface area contributed by atoms with Crippen molar-refractivity contribution in [3.63, 3.8) is 0 Å². The summed E-state index contributed by atoms with van der Waals surface area (Å²) in [5, 5.41) is 7.74. The van der Waals surface area contributed by atoms with E-state index in [2.05, 4.69) is 10.3 Å². The van der Waals surface area contributed by atoms with Gasteiger partial charge in [-0.3, -0.25) is 9.48 Å². The number of nitrogens with zero attached hydrogens (tertiary/aromatic N) is 4. The SMILES string of the molecule is Cn1cc(Cn2cccc(CN)c2=O)nn1. The normalized spacial score (nSPS) is 10.6. The monoisotopic (exact) mass is 219 g/mol. The molecule has 16 heavy (non-hydrogen) atoms. The van der Waals surface area contributed by atoms with Crippen molar-refractivity contribution in [2.75, 3.05) is 0 Å². The van der Waals surface area contributed by atoms with Gasteiger partial charge in [0.15, 0.2) is 0 Å². The molecule has 0 aliphatic heterocycles. The molecule has 2 rings (SSSR count). The Morgan fingerprint density at radius 2 is 2.31 bits per heavy atom. The molecular weight excluding hydrogens is 206 g/mol. The van der Waals surface area contributed by atoms with Gasteiger partial charge in [0.2, 0.25) is 0 Å². The first-order chi connectivity index (χ1) is 7.70. The van der Waals surface area contributed by atoms with Crippen molar-refractivity contribution in [2.45, 2.75) is 13.1 Å². The van der Waals surface area contributed by atoms with E-state index >= 15 is 0 Å². The Morgan fingerprint density at radius 1 is 1.50 bits per heavy atom. The van der Waals surface area contributed by atoms with Gasteiger partial charge >= 0.3 is 0 Å². The van der Waals surface area contributed by atoms with E-state index in [9.17, 15) is 4.79 Å². The van der Waals surface area contributed by atoms with Crippen LogP contribution in [0.1, 0.15) is 11.3 Å². The molecule has 0 radical (unpaired) electrons. The van der Waals surface area contributed by atoms with Gasteiger partial charge in [0.1, 0.15) is 5.69 Å². The Bertz CT molecular complexity index is 542. The van der Waals surface area contributed by atoms with Crippen LogP contribution >= 0.6 is 0 Å². The van der Waals surface area contributed by atoms with Gasteiger partial charge in [0.25, 0.3) is 5.56 Å². The number of rotatable bonds is 3. The third-order valence-corrected chi connectivity index (χ3v) is 2.30. The lowest BCUT2D eigenvalue weighted by molar-refractivity contribution is 0.702. The highest BCUT2D eigenvalue weighted by Crippen LogP contribution is 1.96. The fourth-order valence-corrected chi connectivity index (χ4v) is 1.51. The summed E-state index contributed by atoms with van der Waals surface area (Å²) in [6, 6.07) is 3.54. The van der Waals surface area contributed by atoms with Crippen molar-refractivity contribution in [1.82, 2.24) is 19.6 Å². The van der Waals surface area contributed by atoms with Crippen molar-refractivity contribution >= 4 is 0 Å². The topological polar surface area (TPSA) is 78.7 Å². The van der Waals surface area contributed by atoms with E-state index in [1.54, 1.807) is 40.8 Å². The quantitative estimate of drug-likeness (QED) is 0.753. The fourth-order valence-electron chi connectivity index (χ4n) is 1.51. The molecule has 2 aromatic rings. The average Bonchev–Trinajstić information content (AvgIpc) is 2.67. The molecule has 0 aliphatic rings. The van der Waals surface area contributed by atoms with Crippen LogP contribution in [0.25, 0.3) is 0 Å². The molecule has 0 unspecified atom stereocenters. The average molecular weight is 219 g/mol. The van der Waals surface area contributed by atoms with Crippen LogP contribution in [0.5, 0.6) is 0 Å². The lowest BCUT2D eigenvalue weighted by Crippen LogP contribution is -2.25. The zero-order valence-corrected chi connectivity index (χ0v) is 9.00. The van der Waals surface area contributed by atoms with Crippen LogP contribution in [-0.4, -0.2) is 19.6 Å². The summed E-state index contributed by atoms with van der Waals surface area (Å²) in [5.41, 5.74) is 6.75. The third-order valence-electron chi connectivity index (χ3n) is 2.30. The highest BCUT2D eigenvalue weighted by atomic mass is 16.1. The van der Waals surface area contributed by atoms with Crippen molar-refractivity contribution in [2.24, 2.45) is 12.8 Å². The van der Waals surface area contributed by atoms with E-state index in [1.807, 2.05) is 0 Å². The van der Waals surface area contributed by atoms with Crippen molar-refractivity contribution in [1.29, 1.82) is 0 Å². The molecular formula is C10H13N5O. The van der Waals surface area contributed by atoms with Crippen LogP contribution in [0.2, 0.25) is 0 Å². The maximum atomic E-state index is 11.8. The van der Waals surface area contributed by atoms with Crippen LogP contribution in [-0.2, 0) is 20.1 Å². The number of hydrogen-bond donors (Lipinski definition) is 1. The molecule has 0 saturated heterocycles. The van der Waals surface area contributed by atoms with E-state index < -0.39 is 0 Å². The first kappa shape index (κ1) is 10.6. The molecule has 6 heteroatoms. The number of hydrogen-bond acceptors (Lipinski definition) is 4. The number of nitrogens with two attached hydrogens (primary N) is 1. The van der Waals surface area contributed by atoms with Gasteiger partial charge < -0.3 is 10.3 Å². The van der Waals surface area contributed by atoms with Gasteiger partial charge in [0.05, 0.1) is 6.54 Å². The third kappa shape index (κ3) is 2.01. The molecule has 2 aromatic heterocycles. The van der Waals surface area contributed by atoms with Crippen molar-refractivity contribution < 1.29 is 0 Å². The highest BCUT2D eigenvalue weighted by Gasteiger charge is 2.04. The lowest BCUT2D eigenvalue weighted by atomic mass is 10.3. The fraction of sp³-hybridized carbons (Fsp3) is 0.300. The summed E-state index contributed by atoms with van der Waals surface area (Å²) in [5.74, 6) is 0. The minimum absolute atomic E-state index is 0.0735. The molecule has 0 bridgehead atoms. The maximum absolute atomic E-state index is 11.8. The molecule has 0 spiro atoms. The summed E-state index contributed by atoms with van der Waals surface area (Å²) >= 11 is 0. The Hall–Kier alpha value is -1.95. The number of pyridine rings is 1. The maximum Gasteiger partial charge on any atom is 0.255 e. The summed E-state index contributed by atoms with van der Waals surface area (Å²) in [7, 11) is 1.79. The molecule has 0 amide bonds. The Kier molecular flexibility index (Phi) is 2.82. The van der Waals surface area contributed by atoms with Gasteiger partial charge in [-0.1, -0.05) is 11.3 Å².